The highest BCUT2D eigenvalue weighted by Crippen LogP contribution is 2.31. The maximum absolute atomic E-state index is 12.5. The van der Waals surface area contributed by atoms with Crippen LogP contribution in [-0.4, -0.2) is 41.2 Å². The molecule has 1 aliphatic rings. The lowest BCUT2D eigenvalue weighted by Crippen LogP contribution is -2.32. The number of hydrogen-bond acceptors (Lipinski definition) is 5. The van der Waals surface area contributed by atoms with Gasteiger partial charge in [-0.15, -0.1) is 11.3 Å². The van der Waals surface area contributed by atoms with Gasteiger partial charge in [0, 0.05) is 44.1 Å². The smallest absolute Gasteiger partial charge is 0.229 e. The van der Waals surface area contributed by atoms with Crippen molar-refractivity contribution < 1.29 is 14.4 Å². The Bertz CT molecular complexity index is 1030. The van der Waals surface area contributed by atoms with Crippen LogP contribution >= 0.6 is 11.3 Å². The molecule has 148 valence electrons. The molecule has 3 amide bonds. The van der Waals surface area contributed by atoms with Crippen molar-refractivity contribution in [2.45, 2.75) is 25.7 Å². The molecule has 2 heterocycles. The SMILES string of the molecule is CN(C(=O)CCCN1C(=O)CCC1=O)c1ccc(-c2nc3ccccc3s2)cc1. The Morgan fingerprint density at radius 2 is 1.76 bits per heavy atom. The number of nitrogens with zero attached hydrogens (tertiary/aromatic N) is 3. The Morgan fingerprint density at radius 1 is 1.07 bits per heavy atom. The van der Waals surface area contributed by atoms with Crippen molar-refractivity contribution in [3.63, 3.8) is 0 Å². The Hall–Kier alpha value is -3.06. The van der Waals surface area contributed by atoms with Gasteiger partial charge < -0.3 is 4.90 Å². The first kappa shape index (κ1) is 19.3. The fourth-order valence-electron chi connectivity index (χ4n) is 3.40. The summed E-state index contributed by atoms with van der Waals surface area (Å²) < 4.78 is 1.15. The van der Waals surface area contributed by atoms with Crippen LogP contribution in [0.15, 0.2) is 48.5 Å². The van der Waals surface area contributed by atoms with Crippen molar-refractivity contribution >= 4 is 45.0 Å². The largest absolute Gasteiger partial charge is 0.316 e. The number of fused-ring (bicyclic) bond motifs is 1. The van der Waals surface area contributed by atoms with E-state index in [1.165, 1.54) is 4.90 Å². The summed E-state index contributed by atoms with van der Waals surface area (Å²) in [5, 5.41) is 0.951. The highest BCUT2D eigenvalue weighted by molar-refractivity contribution is 7.21. The molecule has 0 unspecified atom stereocenters. The first-order valence-electron chi connectivity index (χ1n) is 9.59. The van der Waals surface area contributed by atoms with Crippen molar-refractivity contribution in [2.75, 3.05) is 18.5 Å². The molecule has 3 aromatic rings. The first-order valence-corrected chi connectivity index (χ1v) is 10.4. The fraction of sp³-hybridized carbons (Fsp3) is 0.273. The zero-order valence-corrected chi connectivity index (χ0v) is 16.9. The van der Waals surface area contributed by atoms with E-state index in [9.17, 15) is 14.4 Å². The second-order valence-electron chi connectivity index (χ2n) is 7.03. The second-order valence-corrected chi connectivity index (χ2v) is 8.06. The highest BCUT2D eigenvalue weighted by atomic mass is 32.1. The third-order valence-corrected chi connectivity index (χ3v) is 6.18. The van der Waals surface area contributed by atoms with Gasteiger partial charge in [0.25, 0.3) is 0 Å². The van der Waals surface area contributed by atoms with E-state index in [2.05, 4.69) is 11.1 Å². The molecular weight excluding hydrogens is 386 g/mol. The zero-order chi connectivity index (χ0) is 20.4. The van der Waals surface area contributed by atoms with Crippen LogP contribution < -0.4 is 4.90 Å². The topological polar surface area (TPSA) is 70.6 Å². The average Bonchev–Trinajstić information content (AvgIpc) is 3.31. The number of amides is 3. The van der Waals surface area contributed by atoms with E-state index in [1.54, 1.807) is 23.3 Å². The summed E-state index contributed by atoms with van der Waals surface area (Å²) in [5.41, 5.74) is 2.80. The number of anilines is 1. The monoisotopic (exact) mass is 407 g/mol. The Morgan fingerprint density at radius 3 is 2.45 bits per heavy atom. The van der Waals surface area contributed by atoms with Crippen LogP contribution in [0.4, 0.5) is 5.69 Å². The predicted molar refractivity (Wildman–Crippen MR) is 114 cm³/mol. The molecule has 1 aliphatic heterocycles. The molecule has 1 fully saturated rings. The summed E-state index contributed by atoms with van der Waals surface area (Å²) in [6.45, 7) is 0.313. The molecule has 7 heteroatoms. The van der Waals surface area contributed by atoms with Gasteiger partial charge in [0.2, 0.25) is 17.7 Å². The van der Waals surface area contributed by atoms with Crippen LogP contribution in [0.1, 0.15) is 25.7 Å². The van der Waals surface area contributed by atoms with Gasteiger partial charge in [-0.1, -0.05) is 12.1 Å². The van der Waals surface area contributed by atoms with E-state index in [1.807, 2.05) is 42.5 Å². The zero-order valence-electron chi connectivity index (χ0n) is 16.1. The number of para-hydroxylation sites is 1. The minimum absolute atomic E-state index is 0.0446. The van der Waals surface area contributed by atoms with Crippen LogP contribution in [0.5, 0.6) is 0 Å². The molecular formula is C22H21N3O3S. The van der Waals surface area contributed by atoms with Crippen LogP contribution in [0.2, 0.25) is 0 Å². The van der Waals surface area contributed by atoms with Crippen molar-refractivity contribution in [2.24, 2.45) is 0 Å². The molecule has 2 aromatic carbocycles. The van der Waals surface area contributed by atoms with Gasteiger partial charge in [0.1, 0.15) is 5.01 Å². The molecule has 6 nitrogen and oxygen atoms in total. The van der Waals surface area contributed by atoms with Gasteiger partial charge in [0.15, 0.2) is 0 Å². The van der Waals surface area contributed by atoms with Crippen molar-refractivity contribution in [1.82, 2.24) is 9.88 Å². The molecule has 0 aliphatic carbocycles. The number of benzene rings is 2. The van der Waals surface area contributed by atoms with Crippen LogP contribution in [0, 0.1) is 0 Å². The molecule has 0 N–H and O–H groups in total. The number of hydrogen-bond donors (Lipinski definition) is 0. The summed E-state index contributed by atoms with van der Waals surface area (Å²) in [7, 11) is 1.74. The van der Waals surface area contributed by atoms with Gasteiger partial charge in [-0.3, -0.25) is 19.3 Å². The number of likely N-dealkylation sites (tertiary alicyclic amines) is 1. The van der Waals surface area contributed by atoms with Gasteiger partial charge in [-0.25, -0.2) is 4.98 Å². The molecule has 0 radical (unpaired) electrons. The van der Waals surface area contributed by atoms with Crippen molar-refractivity contribution in [1.29, 1.82) is 0 Å². The van der Waals surface area contributed by atoms with E-state index in [4.69, 9.17) is 0 Å². The van der Waals surface area contributed by atoms with E-state index in [0.717, 1.165) is 26.5 Å². The Labute approximate surface area is 172 Å². The first-order chi connectivity index (χ1) is 14.0. The molecule has 0 spiro atoms. The summed E-state index contributed by atoms with van der Waals surface area (Å²) in [6, 6.07) is 15.8. The maximum Gasteiger partial charge on any atom is 0.229 e. The molecule has 0 atom stereocenters. The minimum Gasteiger partial charge on any atom is -0.316 e. The molecule has 1 aromatic heterocycles. The Balaban J connectivity index is 1.37. The summed E-state index contributed by atoms with van der Waals surface area (Å²) in [4.78, 5) is 43.3. The van der Waals surface area contributed by atoms with Gasteiger partial charge >= 0.3 is 0 Å². The van der Waals surface area contributed by atoms with E-state index >= 15 is 0 Å². The quantitative estimate of drug-likeness (QED) is 0.582. The fourth-order valence-corrected chi connectivity index (χ4v) is 4.37. The lowest BCUT2D eigenvalue weighted by molar-refractivity contribution is -0.138. The average molecular weight is 407 g/mol. The third kappa shape index (κ3) is 4.05. The number of imide groups is 1. The number of rotatable bonds is 6. The van der Waals surface area contributed by atoms with Crippen molar-refractivity contribution in [3.8, 4) is 10.6 Å². The normalized spacial score (nSPS) is 14.0. The number of thiazole rings is 1. The van der Waals surface area contributed by atoms with Gasteiger partial charge in [0.05, 0.1) is 10.2 Å². The van der Waals surface area contributed by atoms with E-state index in [0.29, 0.717) is 13.0 Å². The molecule has 0 bridgehead atoms. The maximum atomic E-state index is 12.5. The van der Waals surface area contributed by atoms with Crippen LogP contribution in [0.3, 0.4) is 0 Å². The molecule has 1 saturated heterocycles. The number of aromatic nitrogens is 1. The van der Waals surface area contributed by atoms with Gasteiger partial charge in [-0.05, 0) is 42.8 Å². The summed E-state index contributed by atoms with van der Waals surface area (Å²) in [6.07, 6.45) is 1.33. The lowest BCUT2D eigenvalue weighted by atomic mass is 10.2. The second kappa shape index (κ2) is 8.13. The summed E-state index contributed by atoms with van der Waals surface area (Å²) in [5.74, 6) is -0.320. The third-order valence-electron chi connectivity index (χ3n) is 5.10. The minimum atomic E-state index is -0.138. The van der Waals surface area contributed by atoms with Crippen LogP contribution in [-0.2, 0) is 14.4 Å². The standard InChI is InChI=1S/C22H21N3O3S/c1-24(19(26)7-4-14-25-20(27)12-13-21(25)28)16-10-8-15(9-11-16)22-23-17-5-2-3-6-18(17)29-22/h2-3,5-6,8-11H,4,7,12-14H2,1H3. The van der Waals surface area contributed by atoms with E-state index < -0.39 is 0 Å². The van der Waals surface area contributed by atoms with Crippen molar-refractivity contribution in [3.05, 3.63) is 48.5 Å². The Kier molecular flexibility index (Phi) is 5.40. The summed E-state index contributed by atoms with van der Waals surface area (Å²) >= 11 is 1.64. The highest BCUT2D eigenvalue weighted by Gasteiger charge is 2.28. The molecule has 29 heavy (non-hydrogen) atoms. The molecule has 0 saturated carbocycles. The van der Waals surface area contributed by atoms with E-state index in [-0.39, 0.29) is 37.0 Å². The van der Waals surface area contributed by atoms with Crippen LogP contribution in [0.25, 0.3) is 20.8 Å². The number of carbonyl (C=O) groups excluding carboxylic acids is 3. The van der Waals surface area contributed by atoms with Gasteiger partial charge in [-0.2, -0.15) is 0 Å². The lowest BCUT2D eigenvalue weighted by Gasteiger charge is -2.19. The molecule has 4 rings (SSSR count). The predicted octanol–water partition coefficient (Wildman–Crippen LogP) is 3.86. The number of carbonyl (C=O) groups is 3.